The predicted molar refractivity (Wildman–Crippen MR) is 107 cm³/mol. The fourth-order valence-corrected chi connectivity index (χ4v) is 4.73. The summed E-state index contributed by atoms with van der Waals surface area (Å²) in [6.07, 6.45) is 2.14. The molecule has 2 aromatic carbocycles. The molecule has 1 aliphatic heterocycles. The molecule has 5 nitrogen and oxygen atoms in total. The molecular formula is C19H19BrN2O3S. The second kappa shape index (κ2) is 7.25. The van der Waals surface area contributed by atoms with E-state index in [1.165, 1.54) is 4.31 Å². The molecule has 0 spiro atoms. The fourth-order valence-electron chi connectivity index (χ4n) is 2.87. The van der Waals surface area contributed by atoms with Gasteiger partial charge in [0.05, 0.1) is 12.2 Å². The summed E-state index contributed by atoms with van der Waals surface area (Å²) in [6, 6.07) is 13.8. The van der Waals surface area contributed by atoms with Crippen LogP contribution < -0.4 is 4.72 Å². The van der Waals surface area contributed by atoms with Gasteiger partial charge in [0.2, 0.25) is 0 Å². The SMILES string of the molecule is CC(C)=CCN1C(Cc2cccc3ccccc23)=C(Br)C(=O)NS1(=O)=O. The normalized spacial score (nSPS) is 16.6. The average molecular weight is 435 g/mol. The highest BCUT2D eigenvalue weighted by Crippen LogP contribution is 2.30. The zero-order valence-electron chi connectivity index (χ0n) is 14.5. The summed E-state index contributed by atoms with van der Waals surface area (Å²) >= 11 is 3.28. The molecule has 3 rings (SSSR count). The van der Waals surface area contributed by atoms with Gasteiger partial charge in [0.25, 0.3) is 5.91 Å². The first-order valence-electron chi connectivity index (χ1n) is 8.13. The zero-order valence-corrected chi connectivity index (χ0v) is 16.9. The summed E-state index contributed by atoms with van der Waals surface area (Å²) < 4.78 is 28.6. The van der Waals surface area contributed by atoms with Crippen LogP contribution in [-0.4, -0.2) is 25.2 Å². The number of allylic oxidation sites excluding steroid dienone is 2. The molecule has 136 valence electrons. The van der Waals surface area contributed by atoms with Gasteiger partial charge in [0.15, 0.2) is 0 Å². The number of halogens is 1. The first kappa shape index (κ1) is 18.7. The lowest BCUT2D eigenvalue weighted by Crippen LogP contribution is -2.48. The Morgan fingerprint density at radius 3 is 2.58 bits per heavy atom. The van der Waals surface area contributed by atoms with Crippen molar-refractivity contribution in [2.45, 2.75) is 20.3 Å². The largest absolute Gasteiger partial charge is 0.326 e. The van der Waals surface area contributed by atoms with E-state index in [4.69, 9.17) is 0 Å². The third-order valence-electron chi connectivity index (χ3n) is 4.17. The van der Waals surface area contributed by atoms with Crippen molar-refractivity contribution in [3.8, 4) is 0 Å². The number of nitrogens with zero attached hydrogens (tertiary/aromatic N) is 1. The maximum Gasteiger partial charge on any atom is 0.326 e. The van der Waals surface area contributed by atoms with Crippen molar-refractivity contribution in [3.05, 3.63) is 69.9 Å². The average Bonchev–Trinajstić information content (AvgIpc) is 2.58. The Kier molecular flexibility index (Phi) is 5.20. The van der Waals surface area contributed by atoms with Gasteiger partial charge in [-0.2, -0.15) is 8.42 Å². The minimum absolute atomic E-state index is 0.167. The van der Waals surface area contributed by atoms with Gasteiger partial charge < -0.3 is 0 Å². The Morgan fingerprint density at radius 2 is 1.85 bits per heavy atom. The summed E-state index contributed by atoms with van der Waals surface area (Å²) in [5.74, 6) is -0.645. The molecule has 2 aromatic rings. The van der Waals surface area contributed by atoms with Crippen molar-refractivity contribution >= 4 is 42.8 Å². The summed E-state index contributed by atoms with van der Waals surface area (Å²) in [5, 5.41) is 2.11. The highest BCUT2D eigenvalue weighted by molar-refractivity contribution is 9.12. The second-order valence-electron chi connectivity index (χ2n) is 6.32. The topological polar surface area (TPSA) is 66.5 Å². The number of benzene rings is 2. The molecule has 0 saturated carbocycles. The highest BCUT2D eigenvalue weighted by atomic mass is 79.9. The summed E-state index contributed by atoms with van der Waals surface area (Å²) in [4.78, 5) is 12.1. The number of fused-ring (bicyclic) bond motifs is 1. The standard InChI is InChI=1S/C19H19BrN2O3S/c1-13(2)10-11-22-17(18(20)19(23)21-26(22,24)25)12-15-8-5-7-14-6-3-4-9-16(14)15/h3-10H,11-12H2,1-2H3,(H,21,23). The van der Waals surface area contributed by atoms with Crippen molar-refractivity contribution in [1.29, 1.82) is 0 Å². The molecule has 1 aliphatic rings. The van der Waals surface area contributed by atoms with E-state index in [1.807, 2.05) is 62.4 Å². The molecule has 1 heterocycles. The van der Waals surface area contributed by atoms with E-state index in [0.717, 1.165) is 21.9 Å². The van der Waals surface area contributed by atoms with E-state index >= 15 is 0 Å². The Hall–Kier alpha value is -2.12. The van der Waals surface area contributed by atoms with Crippen LogP contribution >= 0.6 is 15.9 Å². The van der Waals surface area contributed by atoms with Crippen LogP contribution in [0, 0.1) is 0 Å². The first-order chi connectivity index (χ1) is 12.3. The van der Waals surface area contributed by atoms with Gasteiger partial charge in [0, 0.05) is 6.42 Å². The summed E-state index contributed by atoms with van der Waals surface area (Å²) in [5.41, 5.74) is 2.39. The predicted octanol–water partition coefficient (Wildman–Crippen LogP) is 3.63. The maximum atomic E-state index is 12.5. The van der Waals surface area contributed by atoms with Crippen LogP contribution in [0.1, 0.15) is 19.4 Å². The zero-order chi connectivity index (χ0) is 18.9. The number of carbonyl (C=O) groups excluding carboxylic acids is 1. The van der Waals surface area contributed by atoms with Crippen molar-refractivity contribution in [2.75, 3.05) is 6.54 Å². The number of hydrogen-bond donors (Lipinski definition) is 1. The Labute approximate surface area is 161 Å². The molecule has 0 aromatic heterocycles. The van der Waals surface area contributed by atoms with Gasteiger partial charge >= 0.3 is 10.2 Å². The third-order valence-corrected chi connectivity index (χ3v) is 6.38. The molecule has 0 atom stereocenters. The van der Waals surface area contributed by atoms with E-state index in [0.29, 0.717) is 12.1 Å². The van der Waals surface area contributed by atoms with Crippen molar-refractivity contribution in [3.63, 3.8) is 0 Å². The summed E-state index contributed by atoms with van der Waals surface area (Å²) in [7, 11) is -3.92. The number of nitrogens with one attached hydrogen (secondary N) is 1. The van der Waals surface area contributed by atoms with Crippen LogP contribution in [0.3, 0.4) is 0 Å². The highest BCUT2D eigenvalue weighted by Gasteiger charge is 2.35. The van der Waals surface area contributed by atoms with Crippen LogP contribution in [0.5, 0.6) is 0 Å². The van der Waals surface area contributed by atoms with E-state index in [1.54, 1.807) is 0 Å². The van der Waals surface area contributed by atoms with Crippen molar-refractivity contribution in [1.82, 2.24) is 9.03 Å². The summed E-state index contributed by atoms with van der Waals surface area (Å²) in [6.45, 7) is 3.97. The lowest BCUT2D eigenvalue weighted by molar-refractivity contribution is -0.115. The molecule has 0 aliphatic carbocycles. The molecule has 0 unspecified atom stereocenters. The Bertz CT molecular complexity index is 1030. The van der Waals surface area contributed by atoms with Crippen LogP contribution in [-0.2, 0) is 21.4 Å². The molecular weight excluding hydrogens is 416 g/mol. The first-order valence-corrected chi connectivity index (χ1v) is 10.4. The van der Waals surface area contributed by atoms with Gasteiger partial charge in [-0.1, -0.05) is 54.1 Å². The molecule has 0 radical (unpaired) electrons. The number of hydrogen-bond acceptors (Lipinski definition) is 3. The molecule has 0 saturated heterocycles. The van der Waals surface area contributed by atoms with Gasteiger partial charge in [-0.25, -0.2) is 4.72 Å². The number of carbonyl (C=O) groups is 1. The fraction of sp³-hybridized carbons (Fsp3) is 0.211. The molecule has 0 fully saturated rings. The maximum absolute atomic E-state index is 12.5. The van der Waals surface area contributed by atoms with Crippen LogP contribution in [0.4, 0.5) is 0 Å². The van der Waals surface area contributed by atoms with E-state index in [9.17, 15) is 13.2 Å². The Balaban J connectivity index is 2.10. The van der Waals surface area contributed by atoms with E-state index < -0.39 is 16.1 Å². The van der Waals surface area contributed by atoms with Gasteiger partial charge in [-0.3, -0.25) is 9.10 Å². The van der Waals surface area contributed by atoms with Gasteiger partial charge in [-0.15, -0.1) is 0 Å². The molecule has 0 bridgehead atoms. The molecule has 1 amide bonds. The minimum atomic E-state index is -3.92. The van der Waals surface area contributed by atoms with Crippen molar-refractivity contribution in [2.24, 2.45) is 0 Å². The van der Waals surface area contributed by atoms with Gasteiger partial charge in [-0.05, 0) is 46.1 Å². The molecule has 1 N–H and O–H groups in total. The lowest BCUT2D eigenvalue weighted by atomic mass is 10.0. The quantitative estimate of drug-likeness (QED) is 0.746. The van der Waals surface area contributed by atoms with Crippen LogP contribution in [0.2, 0.25) is 0 Å². The second-order valence-corrected chi connectivity index (χ2v) is 8.71. The van der Waals surface area contributed by atoms with E-state index in [-0.39, 0.29) is 11.0 Å². The molecule has 7 heteroatoms. The monoisotopic (exact) mass is 434 g/mol. The minimum Gasteiger partial charge on any atom is -0.267 e. The number of amides is 1. The number of rotatable bonds is 4. The van der Waals surface area contributed by atoms with Crippen molar-refractivity contribution < 1.29 is 13.2 Å². The van der Waals surface area contributed by atoms with Crippen LogP contribution in [0.25, 0.3) is 10.8 Å². The van der Waals surface area contributed by atoms with Crippen LogP contribution in [0.15, 0.2) is 64.3 Å². The molecule has 26 heavy (non-hydrogen) atoms. The smallest absolute Gasteiger partial charge is 0.267 e. The van der Waals surface area contributed by atoms with Gasteiger partial charge in [0.1, 0.15) is 4.48 Å². The third kappa shape index (κ3) is 3.68. The lowest BCUT2D eigenvalue weighted by Gasteiger charge is -2.31. The van der Waals surface area contributed by atoms with E-state index in [2.05, 4.69) is 20.7 Å². The Morgan fingerprint density at radius 1 is 1.15 bits per heavy atom.